The SMILES string of the molecule is Cc1cc(OCC(=O)NC(Cc2c[nH]c3ccc(O)cc23)C(=O)O)c2c(C)c(Cc3ccccc3)c(=O)oc2c1. The van der Waals surface area contributed by atoms with Crippen LogP contribution in [0.2, 0.25) is 0 Å². The lowest BCUT2D eigenvalue weighted by molar-refractivity contribution is -0.142. The van der Waals surface area contributed by atoms with Gasteiger partial charge in [0.05, 0.1) is 5.39 Å². The number of nitrogens with one attached hydrogen (secondary N) is 2. The summed E-state index contributed by atoms with van der Waals surface area (Å²) in [7, 11) is 0. The van der Waals surface area contributed by atoms with Crippen LogP contribution in [0.5, 0.6) is 11.5 Å². The molecule has 2 heterocycles. The number of aryl methyl sites for hydroxylation is 2. The zero-order valence-corrected chi connectivity index (χ0v) is 22.0. The van der Waals surface area contributed by atoms with Gasteiger partial charge in [-0.1, -0.05) is 30.3 Å². The number of phenolic OH excluding ortho intramolecular Hbond substituents is 1. The maximum absolute atomic E-state index is 12.8. The van der Waals surface area contributed by atoms with Gasteiger partial charge < -0.3 is 29.7 Å². The average molecular weight is 541 g/mol. The van der Waals surface area contributed by atoms with Crippen molar-refractivity contribution in [1.82, 2.24) is 10.3 Å². The van der Waals surface area contributed by atoms with Crippen LogP contribution in [0.25, 0.3) is 21.9 Å². The Labute approximate surface area is 229 Å². The monoisotopic (exact) mass is 540 g/mol. The Bertz CT molecular complexity index is 1790. The molecule has 4 N–H and O–H groups in total. The molecular formula is C31H28N2O7. The molecule has 2 aromatic heterocycles. The molecule has 5 aromatic rings. The summed E-state index contributed by atoms with van der Waals surface area (Å²) in [6, 6.07) is 16.6. The number of phenols is 1. The van der Waals surface area contributed by atoms with E-state index in [4.69, 9.17) is 9.15 Å². The third-order valence-electron chi connectivity index (χ3n) is 6.88. The molecule has 0 fully saturated rings. The van der Waals surface area contributed by atoms with E-state index in [1.807, 2.05) is 44.2 Å². The van der Waals surface area contributed by atoms with Gasteiger partial charge in [-0.3, -0.25) is 4.79 Å². The lowest BCUT2D eigenvalue weighted by Gasteiger charge is -2.16. The van der Waals surface area contributed by atoms with Gasteiger partial charge in [0.1, 0.15) is 23.1 Å². The van der Waals surface area contributed by atoms with Gasteiger partial charge in [-0.15, -0.1) is 0 Å². The van der Waals surface area contributed by atoms with E-state index in [9.17, 15) is 24.6 Å². The van der Waals surface area contributed by atoms with Crippen LogP contribution in [0, 0.1) is 13.8 Å². The van der Waals surface area contributed by atoms with E-state index in [0.717, 1.165) is 16.6 Å². The molecule has 0 aliphatic heterocycles. The summed E-state index contributed by atoms with van der Waals surface area (Å²) in [6.45, 7) is 3.20. The Morgan fingerprint density at radius 3 is 2.60 bits per heavy atom. The zero-order valence-electron chi connectivity index (χ0n) is 22.0. The second-order valence-electron chi connectivity index (χ2n) is 9.79. The first-order valence-electron chi connectivity index (χ1n) is 12.7. The molecule has 3 aromatic carbocycles. The van der Waals surface area contributed by atoms with Gasteiger partial charge in [-0.05, 0) is 66.4 Å². The van der Waals surface area contributed by atoms with Crippen molar-refractivity contribution in [3.8, 4) is 11.5 Å². The Kier molecular flexibility index (Phi) is 7.29. The smallest absolute Gasteiger partial charge is 0.340 e. The number of hydrogen-bond donors (Lipinski definition) is 4. The average Bonchev–Trinajstić information content (AvgIpc) is 3.31. The van der Waals surface area contributed by atoms with Crippen molar-refractivity contribution in [1.29, 1.82) is 0 Å². The predicted molar refractivity (Wildman–Crippen MR) is 150 cm³/mol. The van der Waals surface area contributed by atoms with Crippen LogP contribution in [-0.4, -0.2) is 39.7 Å². The summed E-state index contributed by atoms with van der Waals surface area (Å²) in [5.41, 5.74) is 4.21. The van der Waals surface area contributed by atoms with Gasteiger partial charge in [0.2, 0.25) is 0 Å². The Morgan fingerprint density at radius 1 is 1.07 bits per heavy atom. The van der Waals surface area contributed by atoms with Crippen LogP contribution in [0.1, 0.15) is 27.8 Å². The molecule has 0 bridgehead atoms. The summed E-state index contributed by atoms with van der Waals surface area (Å²) in [5.74, 6) is -1.41. The van der Waals surface area contributed by atoms with E-state index in [-0.39, 0.29) is 12.2 Å². The van der Waals surface area contributed by atoms with Gasteiger partial charge in [-0.25, -0.2) is 9.59 Å². The van der Waals surface area contributed by atoms with E-state index in [1.165, 1.54) is 6.07 Å². The number of fused-ring (bicyclic) bond motifs is 2. The highest BCUT2D eigenvalue weighted by atomic mass is 16.5. The van der Waals surface area contributed by atoms with Crippen LogP contribution in [0.4, 0.5) is 0 Å². The first-order valence-corrected chi connectivity index (χ1v) is 12.7. The number of carboxylic acid groups (broad SMARTS) is 1. The third kappa shape index (κ3) is 5.54. The number of ether oxygens (including phenoxy) is 1. The summed E-state index contributed by atoms with van der Waals surface area (Å²) in [6.07, 6.45) is 2.04. The number of carbonyl (C=O) groups is 2. The van der Waals surface area contributed by atoms with Gasteiger partial charge in [-0.2, -0.15) is 0 Å². The predicted octanol–water partition coefficient (Wildman–Crippen LogP) is 4.38. The van der Waals surface area contributed by atoms with Crippen LogP contribution >= 0.6 is 0 Å². The molecule has 9 heteroatoms. The van der Waals surface area contributed by atoms with Crippen molar-refractivity contribution >= 4 is 33.7 Å². The molecule has 0 saturated carbocycles. The van der Waals surface area contributed by atoms with Gasteiger partial charge >= 0.3 is 11.6 Å². The molecule has 1 unspecified atom stereocenters. The number of aliphatic carboxylic acids is 1. The fourth-order valence-electron chi connectivity index (χ4n) is 4.89. The molecule has 40 heavy (non-hydrogen) atoms. The first-order chi connectivity index (χ1) is 19.2. The molecular weight excluding hydrogens is 512 g/mol. The van der Waals surface area contributed by atoms with Crippen molar-refractivity contribution in [2.24, 2.45) is 0 Å². The second kappa shape index (κ2) is 11.0. The molecule has 0 radical (unpaired) electrons. The summed E-state index contributed by atoms with van der Waals surface area (Å²) in [4.78, 5) is 40.6. The second-order valence-corrected chi connectivity index (χ2v) is 9.79. The quantitative estimate of drug-likeness (QED) is 0.203. The Hall–Kier alpha value is -5.05. The summed E-state index contributed by atoms with van der Waals surface area (Å²) >= 11 is 0. The highest BCUT2D eigenvalue weighted by Crippen LogP contribution is 2.32. The van der Waals surface area contributed by atoms with Gasteiger partial charge in [0.25, 0.3) is 5.91 Å². The van der Waals surface area contributed by atoms with Crippen molar-refractivity contribution in [2.45, 2.75) is 32.7 Å². The molecule has 5 rings (SSSR count). The number of rotatable bonds is 9. The topological polar surface area (TPSA) is 142 Å². The molecule has 0 aliphatic carbocycles. The van der Waals surface area contributed by atoms with Crippen molar-refractivity contribution < 1.29 is 29.0 Å². The lowest BCUT2D eigenvalue weighted by Crippen LogP contribution is -2.44. The van der Waals surface area contributed by atoms with Crippen LogP contribution in [-0.2, 0) is 22.4 Å². The standard InChI is InChI=1S/C31H28N2O7/c1-17-10-26(29-18(2)22(31(38)40-27(29)11-17)12-19-6-4-3-5-7-19)39-16-28(35)33-25(30(36)37)13-20-15-32-24-9-8-21(34)14-23(20)24/h3-11,14-15,25,32,34H,12-13,16H2,1-2H3,(H,33,35)(H,36,37). The van der Waals surface area contributed by atoms with E-state index < -0.39 is 30.2 Å². The number of aromatic nitrogens is 1. The summed E-state index contributed by atoms with van der Waals surface area (Å²) in [5, 5.41) is 23.4. The number of carboxylic acids is 1. The van der Waals surface area contributed by atoms with Crippen LogP contribution in [0.3, 0.4) is 0 Å². The van der Waals surface area contributed by atoms with Crippen LogP contribution < -0.4 is 15.7 Å². The third-order valence-corrected chi connectivity index (χ3v) is 6.88. The molecule has 1 atom stereocenters. The maximum Gasteiger partial charge on any atom is 0.340 e. The number of amides is 1. The van der Waals surface area contributed by atoms with Crippen LogP contribution in [0.15, 0.2) is 76.1 Å². The zero-order chi connectivity index (χ0) is 28.4. The van der Waals surface area contributed by atoms with Crippen molar-refractivity contribution in [2.75, 3.05) is 6.61 Å². The number of aromatic hydroxyl groups is 1. The lowest BCUT2D eigenvalue weighted by atomic mass is 9.98. The van der Waals surface area contributed by atoms with E-state index in [2.05, 4.69) is 10.3 Å². The highest BCUT2D eigenvalue weighted by Gasteiger charge is 2.23. The molecule has 0 spiro atoms. The Morgan fingerprint density at radius 2 is 1.85 bits per heavy atom. The van der Waals surface area contributed by atoms with E-state index in [1.54, 1.807) is 30.5 Å². The highest BCUT2D eigenvalue weighted by molar-refractivity contribution is 5.90. The minimum absolute atomic E-state index is 0.00497. The molecule has 9 nitrogen and oxygen atoms in total. The van der Waals surface area contributed by atoms with Gasteiger partial charge in [0.15, 0.2) is 6.61 Å². The molecule has 204 valence electrons. The number of hydrogen-bond acceptors (Lipinski definition) is 6. The molecule has 0 aliphatic rings. The van der Waals surface area contributed by atoms with Gasteiger partial charge in [0, 0.05) is 35.5 Å². The number of carbonyl (C=O) groups excluding carboxylic acids is 1. The molecule has 0 saturated heterocycles. The Balaban J connectivity index is 1.36. The first kappa shape index (κ1) is 26.6. The summed E-state index contributed by atoms with van der Waals surface area (Å²) < 4.78 is 11.5. The minimum Gasteiger partial charge on any atom is -0.508 e. The van der Waals surface area contributed by atoms with E-state index >= 15 is 0 Å². The number of H-pyrrole nitrogens is 1. The fourth-order valence-corrected chi connectivity index (χ4v) is 4.89. The fraction of sp³-hybridized carbons (Fsp3) is 0.194. The van der Waals surface area contributed by atoms with E-state index in [0.29, 0.717) is 45.2 Å². The number of benzene rings is 3. The van der Waals surface area contributed by atoms with Crippen molar-refractivity contribution in [3.05, 3.63) is 105 Å². The largest absolute Gasteiger partial charge is 0.508 e. The minimum atomic E-state index is -1.22. The number of aromatic amines is 1. The normalized spacial score (nSPS) is 11.9. The maximum atomic E-state index is 12.8. The van der Waals surface area contributed by atoms with Crippen molar-refractivity contribution in [3.63, 3.8) is 0 Å². The molecule has 1 amide bonds.